The normalized spacial score (nSPS) is 28.5. The first-order valence-electron chi connectivity index (χ1n) is 20.1. The zero-order chi connectivity index (χ0) is 38.5. The number of hydrogen-bond donors (Lipinski definition) is 6. The van der Waals surface area contributed by atoms with Crippen molar-refractivity contribution >= 4 is 29.5 Å². The van der Waals surface area contributed by atoms with Crippen molar-refractivity contribution in [1.29, 1.82) is 0 Å². The lowest BCUT2D eigenvalue weighted by Crippen LogP contribution is -2.61. The maximum atomic E-state index is 14.1. The molecule has 0 bridgehead atoms. The predicted molar refractivity (Wildman–Crippen MR) is 202 cm³/mol. The van der Waals surface area contributed by atoms with E-state index >= 15 is 0 Å². The molecule has 8 N–H and O–H groups in total. The summed E-state index contributed by atoms with van der Waals surface area (Å²) in [7, 11) is 1.65. The molecule has 2 rings (SSSR count). The van der Waals surface area contributed by atoms with Crippen LogP contribution in [0.4, 0.5) is 0 Å². The van der Waals surface area contributed by atoms with Gasteiger partial charge in [0.2, 0.25) is 29.5 Å². The smallest absolute Gasteiger partial charge is 0.244 e. The van der Waals surface area contributed by atoms with Gasteiger partial charge >= 0.3 is 0 Å². The van der Waals surface area contributed by atoms with E-state index < -0.39 is 65.9 Å². The third-order valence-corrected chi connectivity index (χ3v) is 10.4. The van der Waals surface area contributed by atoms with Crippen molar-refractivity contribution in [3.63, 3.8) is 0 Å². The van der Waals surface area contributed by atoms with Gasteiger partial charge in [-0.3, -0.25) is 24.0 Å². The molecular formula is C38H71N7O7. The van der Waals surface area contributed by atoms with Crippen LogP contribution in [0.15, 0.2) is 0 Å². The van der Waals surface area contributed by atoms with Crippen molar-refractivity contribution in [2.75, 3.05) is 40.0 Å². The fourth-order valence-corrected chi connectivity index (χ4v) is 7.12. The summed E-state index contributed by atoms with van der Waals surface area (Å²) in [6.07, 6.45) is 11.5. The number of ether oxygens (including phenoxy) is 2. The monoisotopic (exact) mass is 738 g/mol. The quantitative estimate of drug-likeness (QED) is 0.108. The fourth-order valence-electron chi connectivity index (χ4n) is 7.12. The SMILES string of the molecule is CCCCCC[C@H]1OC[C@@H](C)NC(=O)C(CCOCCCN)NC(=O)C(CN)NC(=O)C(C2CCCCCC2)NC(=O)C(CCC)N(C)C(=O)C1C. The number of carbonyl (C=O) groups is 5. The summed E-state index contributed by atoms with van der Waals surface area (Å²) >= 11 is 0. The Kier molecular flexibility index (Phi) is 22.0. The lowest BCUT2D eigenvalue weighted by Gasteiger charge is -2.34. The Balaban J connectivity index is 2.52. The van der Waals surface area contributed by atoms with Gasteiger partial charge in [0.05, 0.1) is 18.6 Å². The topological polar surface area (TPSA) is 207 Å². The molecule has 14 heteroatoms. The van der Waals surface area contributed by atoms with E-state index in [1.54, 1.807) is 7.05 Å². The molecule has 1 heterocycles. The minimum atomic E-state index is -1.15. The average Bonchev–Trinajstić information content (AvgIpc) is 3.42. The van der Waals surface area contributed by atoms with E-state index in [1.165, 1.54) is 4.90 Å². The van der Waals surface area contributed by atoms with E-state index in [9.17, 15) is 24.0 Å². The highest BCUT2D eigenvalue weighted by Crippen LogP contribution is 2.27. The summed E-state index contributed by atoms with van der Waals surface area (Å²) in [6, 6.07) is -4.32. The number of nitrogens with one attached hydrogen (secondary N) is 4. The molecule has 300 valence electrons. The molecular weight excluding hydrogens is 666 g/mol. The van der Waals surface area contributed by atoms with E-state index in [0.29, 0.717) is 38.8 Å². The molecule has 2 fully saturated rings. The first-order chi connectivity index (χ1) is 25.0. The molecule has 0 radical (unpaired) electrons. The Morgan fingerprint density at radius 1 is 0.731 bits per heavy atom. The summed E-state index contributed by atoms with van der Waals surface area (Å²) in [5, 5.41) is 11.6. The van der Waals surface area contributed by atoms with Crippen molar-refractivity contribution in [3.05, 3.63) is 0 Å². The number of rotatable bonds is 15. The first kappa shape index (κ1) is 45.3. The van der Waals surface area contributed by atoms with Gasteiger partial charge in [-0.2, -0.15) is 0 Å². The third kappa shape index (κ3) is 15.3. The van der Waals surface area contributed by atoms with E-state index in [4.69, 9.17) is 20.9 Å². The second-order valence-corrected chi connectivity index (χ2v) is 14.8. The summed E-state index contributed by atoms with van der Waals surface area (Å²) in [4.78, 5) is 71.1. The molecule has 1 saturated heterocycles. The fraction of sp³-hybridized carbons (Fsp3) is 0.868. The van der Waals surface area contributed by atoms with Crippen molar-refractivity contribution in [2.45, 2.75) is 160 Å². The van der Waals surface area contributed by atoms with Gasteiger partial charge in [-0.15, -0.1) is 0 Å². The van der Waals surface area contributed by atoms with Crippen LogP contribution < -0.4 is 32.7 Å². The van der Waals surface area contributed by atoms with E-state index in [-0.39, 0.29) is 38.0 Å². The van der Waals surface area contributed by atoms with Crippen LogP contribution >= 0.6 is 0 Å². The molecule has 0 aromatic rings. The lowest BCUT2D eigenvalue weighted by molar-refractivity contribution is -0.147. The van der Waals surface area contributed by atoms with E-state index in [1.807, 2.05) is 20.8 Å². The average molecular weight is 738 g/mol. The molecule has 1 aliphatic carbocycles. The largest absolute Gasteiger partial charge is 0.381 e. The van der Waals surface area contributed by atoms with Gasteiger partial charge in [0.25, 0.3) is 0 Å². The summed E-state index contributed by atoms with van der Waals surface area (Å²) < 4.78 is 12.0. The molecule has 5 amide bonds. The number of nitrogens with two attached hydrogens (primary N) is 2. The second-order valence-electron chi connectivity index (χ2n) is 14.8. The van der Waals surface area contributed by atoms with Crippen molar-refractivity contribution in [3.8, 4) is 0 Å². The van der Waals surface area contributed by atoms with Gasteiger partial charge in [-0.05, 0) is 57.9 Å². The van der Waals surface area contributed by atoms with Gasteiger partial charge in [0.15, 0.2) is 0 Å². The minimum Gasteiger partial charge on any atom is -0.381 e. The standard InChI is InChI=1S/C38H71N7O7/c1-6-8-9-14-19-32-27(4)38(50)45(5)31(16-7-2)36(48)44-33(28-17-12-10-11-13-18-28)37(49)43-30(24-40)35(47)42-29(20-23-51-22-15-21-39)34(46)41-26(3)25-52-32/h26-33H,6-25,39-40H2,1-5H3,(H,41,46)(H,42,47)(H,43,49)(H,44,48)/t26-,27?,29?,30?,31?,32-,33?/m1/s1. The highest BCUT2D eigenvalue weighted by atomic mass is 16.5. The number of likely N-dealkylation sites (N-methyl/N-ethyl adjacent to an activating group) is 1. The molecule has 0 aromatic heterocycles. The zero-order valence-electron chi connectivity index (χ0n) is 32.7. The number of amides is 5. The highest BCUT2D eigenvalue weighted by molar-refractivity contribution is 5.96. The van der Waals surface area contributed by atoms with Crippen molar-refractivity contribution in [2.24, 2.45) is 23.3 Å². The van der Waals surface area contributed by atoms with Gasteiger partial charge in [0, 0.05) is 32.8 Å². The Bertz CT molecular complexity index is 1090. The van der Waals surface area contributed by atoms with Crippen molar-refractivity contribution < 1.29 is 33.4 Å². The van der Waals surface area contributed by atoms with Crippen LogP contribution in [0, 0.1) is 11.8 Å². The summed E-state index contributed by atoms with van der Waals surface area (Å²) in [6.45, 7) is 8.75. The maximum absolute atomic E-state index is 14.1. The van der Waals surface area contributed by atoms with Gasteiger partial charge in [0.1, 0.15) is 24.2 Å². The number of hydrogen-bond acceptors (Lipinski definition) is 9. The van der Waals surface area contributed by atoms with E-state index in [0.717, 1.165) is 64.2 Å². The molecule has 5 unspecified atom stereocenters. The van der Waals surface area contributed by atoms with Crippen LogP contribution in [0.1, 0.15) is 124 Å². The molecule has 7 atom stereocenters. The molecule has 0 spiro atoms. The predicted octanol–water partition coefficient (Wildman–Crippen LogP) is 2.26. The van der Waals surface area contributed by atoms with E-state index in [2.05, 4.69) is 28.2 Å². The summed E-state index contributed by atoms with van der Waals surface area (Å²) in [5.74, 6) is -2.89. The Morgan fingerprint density at radius 3 is 2.04 bits per heavy atom. The van der Waals surface area contributed by atoms with Crippen LogP contribution in [0.2, 0.25) is 0 Å². The number of carbonyl (C=O) groups excluding carboxylic acids is 5. The van der Waals surface area contributed by atoms with Crippen LogP contribution in [0.25, 0.3) is 0 Å². The maximum Gasteiger partial charge on any atom is 0.244 e. The second kappa shape index (κ2) is 25.3. The van der Waals surface area contributed by atoms with Crippen LogP contribution in [-0.4, -0.2) is 111 Å². The Labute approximate surface area is 312 Å². The first-order valence-corrected chi connectivity index (χ1v) is 20.1. The minimum absolute atomic E-state index is 0.141. The number of unbranched alkanes of at least 4 members (excludes halogenated alkanes) is 3. The molecule has 52 heavy (non-hydrogen) atoms. The third-order valence-electron chi connectivity index (χ3n) is 10.4. The van der Waals surface area contributed by atoms with Crippen molar-refractivity contribution in [1.82, 2.24) is 26.2 Å². The summed E-state index contributed by atoms with van der Waals surface area (Å²) in [5.41, 5.74) is 11.6. The van der Waals surface area contributed by atoms with Crippen LogP contribution in [-0.2, 0) is 33.4 Å². The molecule has 1 saturated carbocycles. The lowest BCUT2D eigenvalue weighted by atomic mass is 9.90. The van der Waals surface area contributed by atoms with Gasteiger partial charge in [-0.25, -0.2) is 0 Å². The zero-order valence-corrected chi connectivity index (χ0v) is 32.7. The Hall–Kier alpha value is -2.81. The molecule has 14 nitrogen and oxygen atoms in total. The van der Waals surface area contributed by atoms with Crippen LogP contribution in [0.3, 0.4) is 0 Å². The number of nitrogens with zero attached hydrogens (tertiary/aromatic N) is 1. The van der Waals surface area contributed by atoms with Gasteiger partial charge in [-0.1, -0.05) is 78.6 Å². The molecule has 0 aromatic carbocycles. The Morgan fingerprint density at radius 2 is 1.40 bits per heavy atom. The van der Waals surface area contributed by atoms with Crippen LogP contribution in [0.5, 0.6) is 0 Å². The van der Waals surface area contributed by atoms with Gasteiger partial charge < -0.3 is 47.1 Å². The molecule has 1 aliphatic heterocycles. The highest BCUT2D eigenvalue weighted by Gasteiger charge is 2.38. The molecule has 2 aliphatic rings.